The van der Waals surface area contributed by atoms with Gasteiger partial charge in [-0.25, -0.2) is 0 Å². The predicted octanol–water partition coefficient (Wildman–Crippen LogP) is 2.25. The Morgan fingerprint density at radius 2 is 1.50 bits per heavy atom. The van der Waals surface area contributed by atoms with Crippen molar-refractivity contribution in [2.24, 2.45) is 0 Å². The number of ether oxygens (including phenoxy) is 2. The summed E-state index contributed by atoms with van der Waals surface area (Å²) in [7, 11) is 1.62. The highest BCUT2D eigenvalue weighted by molar-refractivity contribution is 5.39. The number of β-amino-alcohol motifs (C(OH)–C–C–N with tert-alkyl or cyclic N) is 1. The van der Waals surface area contributed by atoms with Crippen molar-refractivity contribution < 1.29 is 14.6 Å². The van der Waals surface area contributed by atoms with Gasteiger partial charge in [0.1, 0.15) is 12.7 Å². The Morgan fingerprint density at radius 1 is 0.885 bits per heavy atom. The maximum Gasteiger partial charge on any atom is 0.161 e. The van der Waals surface area contributed by atoms with E-state index in [1.54, 1.807) is 7.11 Å². The molecule has 1 heterocycles. The van der Waals surface area contributed by atoms with Crippen LogP contribution in [0.1, 0.15) is 5.56 Å². The van der Waals surface area contributed by atoms with E-state index in [9.17, 15) is 5.11 Å². The zero-order chi connectivity index (χ0) is 18.2. The minimum Gasteiger partial charge on any atom is -0.493 e. The van der Waals surface area contributed by atoms with Gasteiger partial charge in [-0.05, 0) is 17.7 Å². The van der Waals surface area contributed by atoms with Crippen LogP contribution in [0.4, 0.5) is 0 Å². The Bertz CT molecular complexity index is 657. The standard InChI is InChI=1S/C21H28N2O3/c1-25-20-9-5-6-10-21(20)26-17-19(24)16-23-13-11-22(12-14-23)15-18-7-3-2-4-8-18/h2-10,19,24H,11-17H2,1H3/t19-/m1/s1. The quantitative estimate of drug-likeness (QED) is 0.786. The molecule has 0 radical (unpaired) electrons. The summed E-state index contributed by atoms with van der Waals surface area (Å²) in [5, 5.41) is 10.3. The van der Waals surface area contributed by atoms with Crippen LogP contribution in [-0.2, 0) is 6.54 Å². The molecule has 0 saturated carbocycles. The van der Waals surface area contributed by atoms with Crippen LogP contribution < -0.4 is 9.47 Å². The van der Waals surface area contributed by atoms with Crippen LogP contribution in [0, 0.1) is 0 Å². The maximum atomic E-state index is 10.3. The second kappa shape index (κ2) is 9.57. The highest BCUT2D eigenvalue weighted by atomic mass is 16.5. The van der Waals surface area contributed by atoms with Gasteiger partial charge in [-0.2, -0.15) is 0 Å². The second-order valence-corrected chi connectivity index (χ2v) is 6.68. The largest absolute Gasteiger partial charge is 0.493 e. The van der Waals surface area contributed by atoms with Crippen molar-refractivity contribution in [3.8, 4) is 11.5 Å². The molecule has 2 aromatic carbocycles. The van der Waals surface area contributed by atoms with Crippen molar-refractivity contribution in [1.82, 2.24) is 9.80 Å². The normalized spacial score (nSPS) is 17.0. The van der Waals surface area contributed by atoms with Crippen LogP contribution in [0.2, 0.25) is 0 Å². The van der Waals surface area contributed by atoms with Crippen molar-refractivity contribution in [2.45, 2.75) is 12.6 Å². The first-order valence-corrected chi connectivity index (χ1v) is 9.17. The number of nitrogens with zero attached hydrogens (tertiary/aromatic N) is 2. The number of benzene rings is 2. The Kier molecular flexibility index (Phi) is 6.89. The van der Waals surface area contributed by atoms with Gasteiger partial charge >= 0.3 is 0 Å². The van der Waals surface area contributed by atoms with Gasteiger partial charge in [0.2, 0.25) is 0 Å². The van der Waals surface area contributed by atoms with Crippen LogP contribution in [0.25, 0.3) is 0 Å². The topological polar surface area (TPSA) is 45.2 Å². The van der Waals surface area contributed by atoms with E-state index in [-0.39, 0.29) is 6.61 Å². The monoisotopic (exact) mass is 356 g/mol. The van der Waals surface area contributed by atoms with Gasteiger partial charge in [0, 0.05) is 39.3 Å². The summed E-state index contributed by atoms with van der Waals surface area (Å²) in [5.41, 5.74) is 1.35. The molecular formula is C21H28N2O3. The molecule has 0 aromatic heterocycles. The number of rotatable bonds is 8. The first-order valence-electron chi connectivity index (χ1n) is 9.17. The Balaban J connectivity index is 1.38. The van der Waals surface area contributed by atoms with Crippen LogP contribution >= 0.6 is 0 Å². The molecule has 3 rings (SSSR count). The number of piperazine rings is 1. The molecular weight excluding hydrogens is 328 g/mol. The minimum absolute atomic E-state index is 0.268. The molecule has 0 spiro atoms. The number of aliphatic hydroxyl groups is 1. The molecule has 1 N–H and O–H groups in total. The van der Waals surface area contributed by atoms with Crippen molar-refractivity contribution in [3.63, 3.8) is 0 Å². The van der Waals surface area contributed by atoms with Crippen molar-refractivity contribution in [3.05, 3.63) is 60.2 Å². The van der Waals surface area contributed by atoms with E-state index < -0.39 is 6.10 Å². The summed E-state index contributed by atoms with van der Waals surface area (Å²) in [6, 6.07) is 18.1. The van der Waals surface area contributed by atoms with Gasteiger partial charge in [0.15, 0.2) is 11.5 Å². The molecule has 1 fully saturated rings. The lowest BCUT2D eigenvalue weighted by molar-refractivity contribution is 0.0440. The van der Waals surface area contributed by atoms with E-state index in [0.29, 0.717) is 18.0 Å². The molecule has 0 aliphatic carbocycles. The fourth-order valence-corrected chi connectivity index (χ4v) is 3.25. The first kappa shape index (κ1) is 18.7. The van der Waals surface area contributed by atoms with Gasteiger partial charge in [-0.15, -0.1) is 0 Å². The smallest absolute Gasteiger partial charge is 0.161 e. The van der Waals surface area contributed by atoms with Crippen molar-refractivity contribution >= 4 is 0 Å². The Labute approximate surface area is 155 Å². The number of hydrogen-bond acceptors (Lipinski definition) is 5. The second-order valence-electron chi connectivity index (χ2n) is 6.68. The van der Waals surface area contributed by atoms with Crippen LogP contribution in [0.3, 0.4) is 0 Å². The summed E-state index contributed by atoms with van der Waals surface area (Å²) >= 11 is 0. The Morgan fingerprint density at radius 3 is 2.19 bits per heavy atom. The van der Waals surface area contributed by atoms with Gasteiger partial charge in [0.05, 0.1) is 7.11 Å². The van der Waals surface area contributed by atoms with Crippen LogP contribution in [0.15, 0.2) is 54.6 Å². The lowest BCUT2D eigenvalue weighted by Crippen LogP contribution is -2.48. The first-order chi connectivity index (χ1) is 12.7. The SMILES string of the molecule is COc1ccccc1OC[C@H](O)CN1CCN(Cc2ccccc2)CC1. The molecule has 5 nitrogen and oxygen atoms in total. The molecule has 140 valence electrons. The minimum atomic E-state index is -0.513. The van der Waals surface area contributed by atoms with E-state index in [2.05, 4.69) is 40.1 Å². The third-order valence-corrected chi connectivity index (χ3v) is 4.68. The summed E-state index contributed by atoms with van der Waals surface area (Å²) in [6.07, 6.45) is -0.513. The number of para-hydroxylation sites is 2. The third kappa shape index (κ3) is 5.46. The fourth-order valence-electron chi connectivity index (χ4n) is 3.25. The van der Waals surface area contributed by atoms with Gasteiger partial charge in [-0.1, -0.05) is 42.5 Å². The number of methoxy groups -OCH3 is 1. The molecule has 2 aromatic rings. The zero-order valence-corrected chi connectivity index (χ0v) is 15.4. The third-order valence-electron chi connectivity index (χ3n) is 4.68. The molecule has 1 atom stereocenters. The van der Waals surface area contributed by atoms with Crippen LogP contribution in [-0.4, -0.2) is 67.5 Å². The summed E-state index contributed by atoms with van der Waals surface area (Å²) in [4.78, 5) is 4.77. The highest BCUT2D eigenvalue weighted by Crippen LogP contribution is 2.25. The van der Waals surface area contributed by atoms with Crippen molar-refractivity contribution in [1.29, 1.82) is 0 Å². The van der Waals surface area contributed by atoms with Gasteiger partial charge < -0.3 is 14.6 Å². The average Bonchev–Trinajstić information content (AvgIpc) is 2.69. The van der Waals surface area contributed by atoms with E-state index >= 15 is 0 Å². The molecule has 0 unspecified atom stereocenters. The maximum absolute atomic E-state index is 10.3. The fraction of sp³-hybridized carbons (Fsp3) is 0.429. The van der Waals surface area contributed by atoms with Gasteiger partial charge in [0.25, 0.3) is 0 Å². The Hall–Kier alpha value is -2.08. The van der Waals surface area contributed by atoms with E-state index in [1.165, 1.54) is 5.56 Å². The summed E-state index contributed by atoms with van der Waals surface area (Å²) in [5.74, 6) is 1.36. The molecule has 5 heteroatoms. The molecule has 1 saturated heterocycles. The van der Waals surface area contributed by atoms with E-state index in [1.807, 2.05) is 24.3 Å². The predicted molar refractivity (Wildman–Crippen MR) is 103 cm³/mol. The highest BCUT2D eigenvalue weighted by Gasteiger charge is 2.19. The van der Waals surface area contributed by atoms with Crippen molar-refractivity contribution in [2.75, 3.05) is 46.4 Å². The molecule has 1 aliphatic heterocycles. The lowest BCUT2D eigenvalue weighted by Gasteiger charge is -2.35. The molecule has 1 aliphatic rings. The molecule has 0 amide bonds. The zero-order valence-electron chi connectivity index (χ0n) is 15.4. The lowest BCUT2D eigenvalue weighted by atomic mass is 10.2. The van der Waals surface area contributed by atoms with Crippen LogP contribution in [0.5, 0.6) is 11.5 Å². The summed E-state index contributed by atoms with van der Waals surface area (Å²) in [6.45, 7) is 5.88. The number of aliphatic hydroxyl groups excluding tert-OH is 1. The average molecular weight is 356 g/mol. The summed E-state index contributed by atoms with van der Waals surface area (Å²) < 4.78 is 11.0. The molecule has 26 heavy (non-hydrogen) atoms. The molecule has 0 bridgehead atoms. The van der Waals surface area contributed by atoms with Gasteiger partial charge in [-0.3, -0.25) is 9.80 Å². The van der Waals surface area contributed by atoms with E-state index in [4.69, 9.17) is 9.47 Å². The number of hydrogen-bond donors (Lipinski definition) is 1. The van der Waals surface area contributed by atoms with E-state index in [0.717, 1.165) is 32.7 Å².